The molecule has 0 spiro atoms. The van der Waals surface area contributed by atoms with E-state index in [-0.39, 0.29) is 0 Å². The maximum atomic E-state index is 12.5. The molecule has 0 radical (unpaired) electrons. The van der Waals surface area contributed by atoms with Crippen molar-refractivity contribution >= 4 is 23.5 Å². The fourth-order valence-electron chi connectivity index (χ4n) is 2.88. The maximum Gasteiger partial charge on any atom is 0.233 e. The Morgan fingerprint density at radius 3 is 2.30 bits per heavy atom. The summed E-state index contributed by atoms with van der Waals surface area (Å²) >= 11 is 0. The highest BCUT2D eigenvalue weighted by Crippen LogP contribution is 2.34. The van der Waals surface area contributed by atoms with Crippen LogP contribution in [0, 0.1) is 0 Å². The Morgan fingerprint density at radius 1 is 0.913 bits per heavy atom. The molecular formula is C20H17NO2. The summed E-state index contributed by atoms with van der Waals surface area (Å²) in [5.41, 5.74) is 4.23. The Morgan fingerprint density at radius 2 is 1.65 bits per heavy atom. The van der Waals surface area contributed by atoms with Gasteiger partial charge in [-0.15, -0.1) is 0 Å². The minimum absolute atomic E-state index is 0.439. The number of rotatable bonds is 3. The second-order valence-electron chi connectivity index (χ2n) is 5.35. The van der Waals surface area contributed by atoms with E-state index in [9.17, 15) is 9.59 Å². The second-order valence-corrected chi connectivity index (χ2v) is 5.35. The van der Waals surface area contributed by atoms with Crippen LogP contribution in [0.5, 0.6) is 0 Å². The summed E-state index contributed by atoms with van der Waals surface area (Å²) in [6, 6.07) is 15.5. The average molecular weight is 303 g/mol. The lowest BCUT2D eigenvalue weighted by atomic mass is 9.84. The number of allylic oxidation sites excluding steroid dienone is 1. The Balaban J connectivity index is 2.22. The monoisotopic (exact) mass is 303 g/mol. The van der Waals surface area contributed by atoms with Gasteiger partial charge in [-0.2, -0.15) is 0 Å². The molecule has 114 valence electrons. The molecule has 0 unspecified atom stereocenters. The molecule has 0 N–H and O–H groups in total. The molecule has 0 heterocycles. The van der Waals surface area contributed by atoms with Gasteiger partial charge in [0.15, 0.2) is 0 Å². The molecule has 0 amide bonds. The summed E-state index contributed by atoms with van der Waals surface area (Å²) in [5.74, 6) is -0.879. The number of nitrogens with zero attached hydrogens (tertiary/aromatic N) is 1. The van der Waals surface area contributed by atoms with Gasteiger partial charge in [-0.1, -0.05) is 49.4 Å². The van der Waals surface area contributed by atoms with Crippen LogP contribution in [-0.2, 0) is 4.79 Å². The van der Waals surface area contributed by atoms with Crippen LogP contribution in [0.25, 0.3) is 16.8 Å². The van der Waals surface area contributed by atoms with Crippen LogP contribution in [0.2, 0.25) is 0 Å². The maximum absolute atomic E-state index is 12.5. The van der Waals surface area contributed by atoms with Gasteiger partial charge in [0.1, 0.15) is 0 Å². The molecule has 0 saturated carbocycles. The molecule has 0 aliphatic heterocycles. The molecular weight excluding hydrogens is 286 g/mol. The predicted molar refractivity (Wildman–Crippen MR) is 92.6 cm³/mol. The first-order valence-corrected chi connectivity index (χ1v) is 7.68. The standard InChI is InChI=1S/C20H17NO2/c1-3-15-18(21-4-2)16-11-10-14(13-8-6-5-7-9-13)12-17(16)20(23)19(15)22/h4-12H,3H2,1-2H3/b21-4-. The third-order valence-corrected chi connectivity index (χ3v) is 4.00. The Labute approximate surface area is 135 Å². The molecule has 0 bridgehead atoms. The fraction of sp³-hybridized carbons (Fsp3) is 0.150. The molecule has 3 rings (SSSR count). The van der Waals surface area contributed by atoms with Gasteiger partial charge >= 0.3 is 0 Å². The van der Waals surface area contributed by atoms with Crippen LogP contribution < -0.4 is 0 Å². The molecule has 0 atom stereocenters. The number of ketones is 2. The zero-order chi connectivity index (χ0) is 16.4. The van der Waals surface area contributed by atoms with E-state index in [0.29, 0.717) is 23.3 Å². The lowest BCUT2D eigenvalue weighted by molar-refractivity contribution is -0.112. The van der Waals surface area contributed by atoms with E-state index < -0.39 is 11.6 Å². The van der Waals surface area contributed by atoms with Crippen molar-refractivity contribution in [1.29, 1.82) is 0 Å². The van der Waals surface area contributed by atoms with Crippen LogP contribution in [0.1, 0.15) is 36.2 Å². The van der Waals surface area contributed by atoms with Crippen molar-refractivity contribution in [3.05, 3.63) is 65.2 Å². The fourth-order valence-corrected chi connectivity index (χ4v) is 2.88. The Hall–Kier alpha value is -2.81. The number of aliphatic imine (C=N–C) groups is 1. The van der Waals surface area contributed by atoms with Crippen LogP contribution in [-0.4, -0.2) is 17.8 Å². The first kappa shape index (κ1) is 15.1. The number of carbonyl (C=O) groups excluding carboxylic acids is 2. The molecule has 0 fully saturated rings. The van der Waals surface area contributed by atoms with Crippen molar-refractivity contribution in [3.63, 3.8) is 0 Å². The van der Waals surface area contributed by atoms with E-state index in [2.05, 4.69) is 4.99 Å². The third-order valence-electron chi connectivity index (χ3n) is 4.00. The first-order chi connectivity index (χ1) is 11.2. The number of carbonyl (C=O) groups is 2. The number of benzene rings is 2. The molecule has 0 saturated heterocycles. The summed E-state index contributed by atoms with van der Waals surface area (Å²) in [5, 5.41) is 0. The van der Waals surface area contributed by atoms with E-state index in [1.165, 1.54) is 0 Å². The van der Waals surface area contributed by atoms with Gasteiger partial charge in [0.2, 0.25) is 11.6 Å². The summed E-state index contributed by atoms with van der Waals surface area (Å²) in [7, 11) is 0. The summed E-state index contributed by atoms with van der Waals surface area (Å²) in [6.45, 7) is 3.67. The number of hydrogen-bond donors (Lipinski definition) is 0. The minimum Gasteiger partial charge on any atom is -0.285 e. The molecule has 2 aromatic rings. The van der Waals surface area contributed by atoms with Crippen molar-refractivity contribution in [2.75, 3.05) is 0 Å². The zero-order valence-corrected chi connectivity index (χ0v) is 13.2. The smallest absolute Gasteiger partial charge is 0.233 e. The van der Waals surface area contributed by atoms with Crippen molar-refractivity contribution in [2.45, 2.75) is 20.3 Å². The van der Waals surface area contributed by atoms with Gasteiger partial charge in [-0.25, -0.2) is 0 Å². The van der Waals surface area contributed by atoms with Crippen molar-refractivity contribution in [1.82, 2.24) is 0 Å². The topological polar surface area (TPSA) is 46.5 Å². The normalized spacial score (nSPS) is 14.5. The van der Waals surface area contributed by atoms with Crippen LogP contribution >= 0.6 is 0 Å². The van der Waals surface area contributed by atoms with Gasteiger partial charge in [0.05, 0.1) is 5.70 Å². The molecule has 0 aromatic heterocycles. The van der Waals surface area contributed by atoms with Gasteiger partial charge in [0, 0.05) is 22.9 Å². The van der Waals surface area contributed by atoms with Gasteiger partial charge < -0.3 is 0 Å². The highest BCUT2D eigenvalue weighted by atomic mass is 16.2. The van der Waals surface area contributed by atoms with E-state index in [1.54, 1.807) is 19.2 Å². The van der Waals surface area contributed by atoms with Crippen LogP contribution in [0.15, 0.2) is 59.1 Å². The van der Waals surface area contributed by atoms with Crippen LogP contribution in [0.4, 0.5) is 0 Å². The largest absolute Gasteiger partial charge is 0.285 e. The van der Waals surface area contributed by atoms with Gasteiger partial charge in [-0.05, 0) is 30.5 Å². The van der Waals surface area contributed by atoms with Crippen molar-refractivity contribution < 1.29 is 9.59 Å². The van der Waals surface area contributed by atoms with E-state index in [1.807, 2.05) is 49.4 Å². The SMILES string of the molecule is C/C=N\C1=C(CC)C(=O)C(=O)c2cc(-c3ccccc3)ccc21. The number of fused-ring (bicyclic) bond motifs is 1. The van der Waals surface area contributed by atoms with Gasteiger partial charge in [-0.3, -0.25) is 14.6 Å². The Bertz CT molecular complexity index is 845. The average Bonchev–Trinajstić information content (AvgIpc) is 2.60. The number of hydrogen-bond acceptors (Lipinski definition) is 3. The van der Waals surface area contributed by atoms with E-state index >= 15 is 0 Å². The summed E-state index contributed by atoms with van der Waals surface area (Å²) in [6.07, 6.45) is 2.15. The molecule has 2 aromatic carbocycles. The molecule has 1 aliphatic carbocycles. The zero-order valence-electron chi connectivity index (χ0n) is 13.2. The summed E-state index contributed by atoms with van der Waals surface area (Å²) in [4.78, 5) is 29.2. The number of Topliss-reactive ketones (excluding diaryl/α,β-unsaturated/α-hetero) is 2. The molecule has 23 heavy (non-hydrogen) atoms. The first-order valence-electron chi connectivity index (χ1n) is 7.68. The van der Waals surface area contributed by atoms with Crippen molar-refractivity contribution in [3.8, 4) is 11.1 Å². The summed E-state index contributed by atoms with van der Waals surface area (Å²) < 4.78 is 0. The predicted octanol–water partition coefficient (Wildman–Crippen LogP) is 4.33. The highest BCUT2D eigenvalue weighted by molar-refractivity contribution is 6.52. The quantitative estimate of drug-likeness (QED) is 0.626. The van der Waals surface area contributed by atoms with Crippen molar-refractivity contribution in [2.24, 2.45) is 4.99 Å². The van der Waals surface area contributed by atoms with E-state index in [0.717, 1.165) is 16.7 Å². The second kappa shape index (κ2) is 6.13. The highest BCUT2D eigenvalue weighted by Gasteiger charge is 2.31. The lowest BCUT2D eigenvalue weighted by Crippen LogP contribution is -2.23. The van der Waals surface area contributed by atoms with Gasteiger partial charge in [0.25, 0.3) is 0 Å². The van der Waals surface area contributed by atoms with Crippen LogP contribution in [0.3, 0.4) is 0 Å². The Kier molecular flexibility index (Phi) is 4.02. The molecule has 3 nitrogen and oxygen atoms in total. The lowest BCUT2D eigenvalue weighted by Gasteiger charge is -2.19. The third kappa shape index (κ3) is 2.55. The van der Waals surface area contributed by atoms with E-state index in [4.69, 9.17) is 0 Å². The molecule has 1 aliphatic rings. The minimum atomic E-state index is -0.440. The molecule has 3 heteroatoms.